The summed E-state index contributed by atoms with van der Waals surface area (Å²) in [6.45, 7) is -0.386. The number of aliphatic hydroxyl groups excluding tert-OH is 2. The number of hydrogen-bond donors (Lipinski definition) is 2. The molecule has 3 rings (SSSR count). The van der Waals surface area contributed by atoms with E-state index in [9.17, 15) is 9.50 Å². The van der Waals surface area contributed by atoms with Gasteiger partial charge in [-0.05, 0) is 16.3 Å². The van der Waals surface area contributed by atoms with Crippen LogP contribution in [0.1, 0.15) is 11.7 Å². The number of benzene rings is 2. The fraction of sp³-hybridized carbons (Fsp3) is 0.333. The van der Waals surface area contributed by atoms with Gasteiger partial charge in [-0.2, -0.15) is 0 Å². The highest BCUT2D eigenvalue weighted by atomic mass is 19.1. The van der Waals surface area contributed by atoms with Crippen LogP contribution in [-0.2, 0) is 4.74 Å². The van der Waals surface area contributed by atoms with Crippen LogP contribution in [0.15, 0.2) is 42.5 Å². The van der Waals surface area contributed by atoms with Gasteiger partial charge < -0.3 is 14.9 Å². The van der Waals surface area contributed by atoms with Crippen molar-refractivity contribution >= 4 is 10.8 Å². The number of fused-ring (bicyclic) bond motifs is 1. The normalized spacial score (nSPS) is 30.9. The zero-order valence-corrected chi connectivity index (χ0v) is 10.2. The minimum atomic E-state index is -1.53. The maximum absolute atomic E-state index is 14.1. The molecule has 0 aromatic heterocycles. The second kappa shape index (κ2) is 4.89. The van der Waals surface area contributed by atoms with E-state index >= 15 is 0 Å². The van der Waals surface area contributed by atoms with Crippen molar-refractivity contribution < 1.29 is 19.3 Å². The molecular weight excluding hydrogens is 247 g/mol. The Morgan fingerprint density at radius 1 is 1.11 bits per heavy atom. The average Bonchev–Trinajstić information content (AvgIpc) is 2.74. The van der Waals surface area contributed by atoms with Crippen LogP contribution in [0.5, 0.6) is 0 Å². The summed E-state index contributed by atoms with van der Waals surface area (Å²) in [7, 11) is 0. The van der Waals surface area contributed by atoms with Gasteiger partial charge in [0.1, 0.15) is 18.3 Å². The molecule has 1 aliphatic heterocycles. The van der Waals surface area contributed by atoms with Gasteiger partial charge in [0.15, 0.2) is 6.17 Å². The summed E-state index contributed by atoms with van der Waals surface area (Å²) in [5.74, 6) is 0. The number of halogens is 1. The van der Waals surface area contributed by atoms with Gasteiger partial charge in [0, 0.05) is 0 Å². The van der Waals surface area contributed by atoms with Crippen LogP contribution in [-0.4, -0.2) is 35.2 Å². The fourth-order valence-corrected chi connectivity index (χ4v) is 2.62. The number of ether oxygens (including phenoxy) is 1. The van der Waals surface area contributed by atoms with Crippen LogP contribution < -0.4 is 0 Å². The molecule has 2 aromatic rings. The van der Waals surface area contributed by atoms with E-state index in [1.165, 1.54) is 0 Å². The first-order chi connectivity index (χ1) is 9.22. The molecular formula is C15H15FO3. The topological polar surface area (TPSA) is 49.7 Å². The van der Waals surface area contributed by atoms with E-state index < -0.39 is 24.5 Å². The highest BCUT2D eigenvalue weighted by Crippen LogP contribution is 2.38. The van der Waals surface area contributed by atoms with Crippen LogP contribution in [0.4, 0.5) is 4.39 Å². The summed E-state index contributed by atoms with van der Waals surface area (Å²) in [6.07, 6.45) is -4.51. The van der Waals surface area contributed by atoms with E-state index in [1.807, 2.05) is 36.4 Å². The van der Waals surface area contributed by atoms with Crippen molar-refractivity contribution in [3.63, 3.8) is 0 Å². The Morgan fingerprint density at radius 2 is 1.84 bits per heavy atom. The molecule has 4 heteroatoms. The zero-order chi connectivity index (χ0) is 13.4. The fourth-order valence-electron chi connectivity index (χ4n) is 2.62. The molecule has 0 bridgehead atoms. The van der Waals surface area contributed by atoms with Gasteiger partial charge in [-0.15, -0.1) is 0 Å². The van der Waals surface area contributed by atoms with E-state index in [0.717, 1.165) is 10.8 Å². The molecule has 1 fully saturated rings. The van der Waals surface area contributed by atoms with E-state index in [1.54, 1.807) is 6.07 Å². The van der Waals surface area contributed by atoms with Crippen molar-refractivity contribution in [1.82, 2.24) is 0 Å². The summed E-state index contributed by atoms with van der Waals surface area (Å²) in [4.78, 5) is 0. The smallest absolute Gasteiger partial charge is 0.159 e. The SMILES string of the molecule is OC[C@H]1O[C@@H](c2cccc3ccccc23)[C@H](F)[C@@H]1O. The van der Waals surface area contributed by atoms with Crippen LogP contribution in [0.3, 0.4) is 0 Å². The van der Waals surface area contributed by atoms with Gasteiger partial charge in [0.05, 0.1) is 6.61 Å². The zero-order valence-electron chi connectivity index (χ0n) is 10.2. The van der Waals surface area contributed by atoms with E-state index in [4.69, 9.17) is 9.84 Å². The van der Waals surface area contributed by atoms with Crippen molar-refractivity contribution in [2.45, 2.75) is 24.5 Å². The number of aliphatic hydroxyl groups is 2. The Kier molecular flexibility index (Phi) is 3.22. The third-order valence-corrected chi connectivity index (χ3v) is 3.63. The minimum Gasteiger partial charge on any atom is -0.394 e. The van der Waals surface area contributed by atoms with E-state index in [0.29, 0.717) is 5.56 Å². The van der Waals surface area contributed by atoms with E-state index in [2.05, 4.69) is 0 Å². The summed E-state index contributed by atoms with van der Waals surface area (Å²) >= 11 is 0. The lowest BCUT2D eigenvalue weighted by Gasteiger charge is -2.15. The molecule has 1 heterocycles. The lowest BCUT2D eigenvalue weighted by molar-refractivity contribution is -0.0222. The molecule has 4 atom stereocenters. The summed E-state index contributed by atoms with van der Waals surface area (Å²) in [5, 5.41) is 20.7. The third-order valence-electron chi connectivity index (χ3n) is 3.63. The Bertz CT molecular complexity index is 581. The molecule has 2 N–H and O–H groups in total. The molecule has 0 aliphatic carbocycles. The maximum atomic E-state index is 14.1. The first-order valence-corrected chi connectivity index (χ1v) is 6.28. The number of rotatable bonds is 2. The molecule has 19 heavy (non-hydrogen) atoms. The lowest BCUT2D eigenvalue weighted by Crippen LogP contribution is -2.30. The van der Waals surface area contributed by atoms with Gasteiger partial charge >= 0.3 is 0 Å². The quantitative estimate of drug-likeness (QED) is 0.870. The maximum Gasteiger partial charge on any atom is 0.159 e. The van der Waals surface area contributed by atoms with Crippen LogP contribution in [0.2, 0.25) is 0 Å². The van der Waals surface area contributed by atoms with E-state index in [-0.39, 0.29) is 6.61 Å². The molecule has 100 valence electrons. The average molecular weight is 262 g/mol. The van der Waals surface area contributed by atoms with Crippen molar-refractivity contribution in [2.75, 3.05) is 6.61 Å². The van der Waals surface area contributed by atoms with Gasteiger partial charge in [-0.1, -0.05) is 42.5 Å². The molecule has 0 radical (unpaired) electrons. The minimum absolute atomic E-state index is 0.386. The van der Waals surface area contributed by atoms with Crippen molar-refractivity contribution in [1.29, 1.82) is 0 Å². The first kappa shape index (κ1) is 12.5. The first-order valence-electron chi connectivity index (χ1n) is 6.28. The van der Waals surface area contributed by atoms with Gasteiger partial charge in [-0.25, -0.2) is 4.39 Å². The summed E-state index contributed by atoms with van der Waals surface area (Å²) in [5.41, 5.74) is 0.709. The second-order valence-corrected chi connectivity index (χ2v) is 4.78. The largest absolute Gasteiger partial charge is 0.394 e. The van der Waals surface area contributed by atoms with Gasteiger partial charge in [0.2, 0.25) is 0 Å². The number of hydrogen-bond acceptors (Lipinski definition) is 3. The summed E-state index contributed by atoms with van der Waals surface area (Å²) in [6, 6.07) is 13.2. The highest BCUT2D eigenvalue weighted by Gasteiger charge is 2.44. The monoisotopic (exact) mass is 262 g/mol. The van der Waals surface area contributed by atoms with Crippen LogP contribution in [0.25, 0.3) is 10.8 Å². The molecule has 2 aromatic carbocycles. The molecule has 0 saturated carbocycles. The standard InChI is InChI=1S/C15H15FO3/c16-13-14(18)12(8-17)19-15(13)11-7-3-5-9-4-1-2-6-10(9)11/h1-7,12-15,17-18H,8H2/t12-,13-,14-,15+/m1/s1. The predicted molar refractivity (Wildman–Crippen MR) is 69.6 cm³/mol. The Morgan fingerprint density at radius 3 is 2.58 bits per heavy atom. The molecule has 1 saturated heterocycles. The molecule has 3 nitrogen and oxygen atoms in total. The Labute approximate surface area is 110 Å². The van der Waals surface area contributed by atoms with Gasteiger partial charge in [-0.3, -0.25) is 0 Å². The molecule has 0 spiro atoms. The second-order valence-electron chi connectivity index (χ2n) is 4.78. The van der Waals surface area contributed by atoms with Crippen molar-refractivity contribution in [3.8, 4) is 0 Å². The lowest BCUT2D eigenvalue weighted by atomic mass is 9.97. The Hall–Kier alpha value is -1.49. The molecule has 0 amide bonds. The van der Waals surface area contributed by atoms with Gasteiger partial charge in [0.25, 0.3) is 0 Å². The van der Waals surface area contributed by atoms with Crippen LogP contribution >= 0.6 is 0 Å². The highest BCUT2D eigenvalue weighted by molar-refractivity contribution is 5.86. The predicted octanol–water partition coefficient (Wildman–Crippen LogP) is 1.97. The Balaban J connectivity index is 2.05. The van der Waals surface area contributed by atoms with Crippen molar-refractivity contribution in [3.05, 3.63) is 48.0 Å². The van der Waals surface area contributed by atoms with Crippen molar-refractivity contribution in [2.24, 2.45) is 0 Å². The summed E-state index contributed by atoms with van der Waals surface area (Å²) < 4.78 is 19.6. The molecule has 0 unspecified atom stereocenters. The van der Waals surface area contributed by atoms with Crippen LogP contribution in [0, 0.1) is 0 Å². The third kappa shape index (κ3) is 2.02. The number of alkyl halides is 1. The molecule has 1 aliphatic rings.